The van der Waals surface area contributed by atoms with Crippen LogP contribution in [0.3, 0.4) is 0 Å². The van der Waals surface area contributed by atoms with E-state index in [9.17, 15) is 0 Å². The van der Waals surface area contributed by atoms with Crippen molar-refractivity contribution in [1.29, 1.82) is 0 Å². The molecule has 0 bridgehead atoms. The maximum absolute atomic E-state index is 5.81. The summed E-state index contributed by atoms with van der Waals surface area (Å²) in [6.07, 6.45) is 0.914. The van der Waals surface area contributed by atoms with Gasteiger partial charge in [0.2, 0.25) is 0 Å². The van der Waals surface area contributed by atoms with Crippen molar-refractivity contribution in [2.75, 3.05) is 40.1 Å². The Kier molecular flexibility index (Phi) is 9.81. The van der Waals surface area contributed by atoms with Crippen LogP contribution in [0.1, 0.15) is 18.9 Å². The molecule has 0 amide bonds. The first-order chi connectivity index (χ1) is 10.8. The monoisotopic (exact) mass is 309 g/mol. The second-order valence-corrected chi connectivity index (χ2v) is 4.66. The van der Waals surface area contributed by atoms with E-state index in [1.165, 1.54) is 0 Å². The van der Waals surface area contributed by atoms with E-state index in [0.29, 0.717) is 25.7 Å². The van der Waals surface area contributed by atoms with Crippen LogP contribution in [0.5, 0.6) is 5.75 Å². The van der Waals surface area contributed by atoms with E-state index in [4.69, 9.17) is 19.9 Å². The van der Waals surface area contributed by atoms with Crippen LogP contribution in [-0.2, 0) is 16.0 Å². The molecule has 0 saturated heterocycles. The minimum absolute atomic E-state index is 0.455. The van der Waals surface area contributed by atoms with Crippen molar-refractivity contribution < 1.29 is 14.2 Å². The van der Waals surface area contributed by atoms with Gasteiger partial charge in [0.05, 0.1) is 13.2 Å². The Morgan fingerprint density at radius 3 is 2.64 bits per heavy atom. The summed E-state index contributed by atoms with van der Waals surface area (Å²) in [6.45, 7) is 5.90. The standard InChI is InChI=1S/C16H27N3O3/c1-3-21-10-4-9-18-16(17)19-13-14-5-7-15(8-6-14)22-12-11-20-2/h5-8H,3-4,9-13H2,1-2H3,(H3,17,18,19). The third-order valence-corrected chi connectivity index (χ3v) is 2.89. The maximum atomic E-state index is 5.81. The second kappa shape index (κ2) is 11.8. The molecule has 0 aromatic heterocycles. The van der Waals surface area contributed by atoms with Gasteiger partial charge in [-0.15, -0.1) is 0 Å². The highest BCUT2D eigenvalue weighted by Gasteiger charge is 1.96. The molecule has 0 unspecified atom stereocenters. The van der Waals surface area contributed by atoms with Gasteiger partial charge in [-0.2, -0.15) is 0 Å². The Bertz CT molecular complexity index is 421. The van der Waals surface area contributed by atoms with Gasteiger partial charge < -0.3 is 25.3 Å². The minimum atomic E-state index is 0.455. The number of hydrogen-bond donors (Lipinski definition) is 2. The van der Waals surface area contributed by atoms with Crippen molar-refractivity contribution in [3.8, 4) is 5.75 Å². The maximum Gasteiger partial charge on any atom is 0.188 e. The van der Waals surface area contributed by atoms with Gasteiger partial charge in [0.25, 0.3) is 0 Å². The van der Waals surface area contributed by atoms with Crippen LogP contribution in [0.2, 0.25) is 0 Å². The van der Waals surface area contributed by atoms with Gasteiger partial charge >= 0.3 is 0 Å². The zero-order valence-electron chi connectivity index (χ0n) is 13.5. The fraction of sp³-hybridized carbons (Fsp3) is 0.562. The molecule has 3 N–H and O–H groups in total. The summed E-state index contributed by atoms with van der Waals surface area (Å²) in [7, 11) is 1.65. The van der Waals surface area contributed by atoms with Crippen molar-refractivity contribution in [1.82, 2.24) is 5.32 Å². The highest BCUT2D eigenvalue weighted by Crippen LogP contribution is 2.12. The molecule has 0 saturated carbocycles. The predicted molar refractivity (Wildman–Crippen MR) is 88.3 cm³/mol. The van der Waals surface area contributed by atoms with E-state index in [2.05, 4.69) is 10.3 Å². The lowest BCUT2D eigenvalue weighted by Gasteiger charge is -2.07. The lowest BCUT2D eigenvalue weighted by molar-refractivity contribution is 0.145. The molecule has 6 heteroatoms. The quantitative estimate of drug-likeness (QED) is 0.368. The van der Waals surface area contributed by atoms with Gasteiger partial charge in [-0.3, -0.25) is 0 Å². The third kappa shape index (κ3) is 8.49. The molecule has 0 fully saturated rings. The fourth-order valence-corrected chi connectivity index (χ4v) is 1.70. The molecule has 0 aliphatic rings. The van der Waals surface area contributed by atoms with Crippen molar-refractivity contribution in [2.45, 2.75) is 19.9 Å². The van der Waals surface area contributed by atoms with Crippen LogP contribution in [-0.4, -0.2) is 46.0 Å². The molecule has 0 spiro atoms. The number of methoxy groups -OCH3 is 1. The molecule has 0 heterocycles. The Labute approximate surface area is 132 Å². The van der Waals surface area contributed by atoms with E-state index >= 15 is 0 Å². The van der Waals surface area contributed by atoms with Gasteiger partial charge in [-0.1, -0.05) is 12.1 Å². The summed E-state index contributed by atoms with van der Waals surface area (Å²) in [6, 6.07) is 7.81. The average Bonchev–Trinajstić information content (AvgIpc) is 2.54. The van der Waals surface area contributed by atoms with Crippen LogP contribution in [0.4, 0.5) is 0 Å². The van der Waals surface area contributed by atoms with Gasteiger partial charge in [-0.05, 0) is 31.0 Å². The number of nitrogens with zero attached hydrogens (tertiary/aromatic N) is 1. The molecule has 0 aliphatic heterocycles. The Hall–Kier alpha value is -1.79. The lowest BCUT2D eigenvalue weighted by atomic mass is 10.2. The molecule has 6 nitrogen and oxygen atoms in total. The predicted octanol–water partition coefficient (Wildman–Crippen LogP) is 1.54. The molecule has 0 radical (unpaired) electrons. The van der Waals surface area contributed by atoms with Crippen LogP contribution in [0, 0.1) is 0 Å². The van der Waals surface area contributed by atoms with E-state index in [0.717, 1.165) is 37.5 Å². The van der Waals surface area contributed by atoms with Gasteiger partial charge in [0.15, 0.2) is 5.96 Å². The molecule has 22 heavy (non-hydrogen) atoms. The second-order valence-electron chi connectivity index (χ2n) is 4.66. The summed E-state index contributed by atoms with van der Waals surface area (Å²) in [5.41, 5.74) is 6.89. The largest absolute Gasteiger partial charge is 0.491 e. The summed E-state index contributed by atoms with van der Waals surface area (Å²) in [4.78, 5) is 4.30. The minimum Gasteiger partial charge on any atom is -0.491 e. The number of hydrogen-bond acceptors (Lipinski definition) is 4. The van der Waals surface area contributed by atoms with Crippen molar-refractivity contribution in [2.24, 2.45) is 10.7 Å². The normalized spacial score (nSPS) is 11.5. The smallest absolute Gasteiger partial charge is 0.188 e. The number of ether oxygens (including phenoxy) is 3. The van der Waals surface area contributed by atoms with Crippen molar-refractivity contribution in [3.63, 3.8) is 0 Å². The first-order valence-corrected chi connectivity index (χ1v) is 7.58. The molecule has 0 aliphatic carbocycles. The van der Waals surface area contributed by atoms with Gasteiger partial charge in [-0.25, -0.2) is 4.99 Å². The fourth-order valence-electron chi connectivity index (χ4n) is 1.70. The first-order valence-electron chi connectivity index (χ1n) is 7.58. The SMILES string of the molecule is CCOCCCNC(N)=NCc1ccc(OCCOC)cc1. The van der Waals surface area contributed by atoms with E-state index < -0.39 is 0 Å². The van der Waals surface area contributed by atoms with Crippen LogP contribution < -0.4 is 15.8 Å². The third-order valence-electron chi connectivity index (χ3n) is 2.89. The highest BCUT2D eigenvalue weighted by molar-refractivity contribution is 5.77. The van der Waals surface area contributed by atoms with E-state index in [1.54, 1.807) is 7.11 Å². The number of rotatable bonds is 11. The number of nitrogens with one attached hydrogen (secondary N) is 1. The Balaban J connectivity index is 2.26. The number of guanidine groups is 1. The zero-order valence-corrected chi connectivity index (χ0v) is 13.5. The van der Waals surface area contributed by atoms with Gasteiger partial charge in [0, 0.05) is 26.9 Å². The molecule has 124 valence electrons. The van der Waals surface area contributed by atoms with Crippen molar-refractivity contribution >= 4 is 5.96 Å². The molecule has 1 aromatic rings. The summed E-state index contributed by atoms with van der Waals surface area (Å²) in [5.74, 6) is 1.28. The molecular weight excluding hydrogens is 282 g/mol. The topological polar surface area (TPSA) is 78.1 Å². The van der Waals surface area contributed by atoms with Crippen LogP contribution in [0.25, 0.3) is 0 Å². The molecular formula is C16H27N3O3. The molecule has 0 atom stereocenters. The number of nitrogens with two attached hydrogens (primary N) is 1. The number of benzene rings is 1. The zero-order chi connectivity index (χ0) is 16.0. The van der Waals surface area contributed by atoms with Crippen molar-refractivity contribution in [3.05, 3.63) is 29.8 Å². The van der Waals surface area contributed by atoms with E-state index in [1.807, 2.05) is 31.2 Å². The highest BCUT2D eigenvalue weighted by atomic mass is 16.5. The summed E-state index contributed by atoms with van der Waals surface area (Å²) < 4.78 is 15.7. The molecule has 1 aromatic carbocycles. The average molecular weight is 309 g/mol. The Morgan fingerprint density at radius 2 is 1.95 bits per heavy atom. The van der Waals surface area contributed by atoms with Gasteiger partial charge in [0.1, 0.15) is 12.4 Å². The van der Waals surface area contributed by atoms with E-state index in [-0.39, 0.29) is 0 Å². The summed E-state index contributed by atoms with van der Waals surface area (Å²) >= 11 is 0. The Morgan fingerprint density at radius 1 is 1.18 bits per heavy atom. The lowest BCUT2D eigenvalue weighted by Crippen LogP contribution is -2.32. The summed E-state index contributed by atoms with van der Waals surface area (Å²) in [5, 5.41) is 3.07. The first kappa shape index (κ1) is 18.3. The van der Waals surface area contributed by atoms with Crippen LogP contribution >= 0.6 is 0 Å². The van der Waals surface area contributed by atoms with Crippen LogP contribution in [0.15, 0.2) is 29.3 Å². The number of aliphatic imine (C=N–C) groups is 1. The molecule has 1 rings (SSSR count).